The Morgan fingerprint density at radius 3 is 2.55 bits per heavy atom. The van der Waals surface area contributed by atoms with Gasteiger partial charge in [-0.3, -0.25) is 4.18 Å². The van der Waals surface area contributed by atoms with E-state index in [1.54, 1.807) is 0 Å². The average molecular weight is 180 g/mol. The molecule has 4 nitrogen and oxygen atoms in total. The van der Waals surface area contributed by atoms with Gasteiger partial charge in [0.15, 0.2) is 0 Å². The van der Waals surface area contributed by atoms with Gasteiger partial charge in [-0.25, -0.2) is 0 Å². The quantitative estimate of drug-likeness (QED) is 0.339. The minimum Gasteiger partial charge on any atom is -0.502 e. The standard InChI is InChI=1S/C6H12O4S/c1-3-9-5-4-6-10-11(2,7)8/h3H,1,4-6H2,2H3. The molecule has 0 aromatic carbocycles. The minimum atomic E-state index is -3.29. The fourth-order valence-corrected chi connectivity index (χ4v) is 0.856. The van der Waals surface area contributed by atoms with Gasteiger partial charge in [-0.05, 0) is 0 Å². The van der Waals surface area contributed by atoms with Crippen molar-refractivity contribution in [3.63, 3.8) is 0 Å². The molecule has 0 aliphatic carbocycles. The van der Waals surface area contributed by atoms with E-state index >= 15 is 0 Å². The first-order valence-corrected chi connectivity index (χ1v) is 4.95. The first-order valence-electron chi connectivity index (χ1n) is 3.13. The molecule has 0 N–H and O–H groups in total. The fraction of sp³-hybridized carbons (Fsp3) is 0.667. The molecule has 0 aromatic heterocycles. The van der Waals surface area contributed by atoms with Crippen LogP contribution in [0.3, 0.4) is 0 Å². The van der Waals surface area contributed by atoms with E-state index in [2.05, 4.69) is 10.8 Å². The number of hydrogen-bond acceptors (Lipinski definition) is 4. The maximum Gasteiger partial charge on any atom is 0.264 e. The van der Waals surface area contributed by atoms with Crippen LogP contribution in [0.4, 0.5) is 0 Å². The average Bonchev–Trinajstić information content (AvgIpc) is 1.85. The van der Waals surface area contributed by atoms with E-state index in [4.69, 9.17) is 4.74 Å². The van der Waals surface area contributed by atoms with Crippen LogP contribution in [0.2, 0.25) is 0 Å². The Bertz CT molecular complexity index is 195. The summed E-state index contributed by atoms with van der Waals surface area (Å²) in [6, 6.07) is 0. The second-order valence-corrected chi connectivity index (χ2v) is 3.56. The van der Waals surface area contributed by atoms with Gasteiger partial charge >= 0.3 is 0 Å². The Morgan fingerprint density at radius 2 is 2.09 bits per heavy atom. The SMILES string of the molecule is C=COCCCOS(C)(=O)=O. The van der Waals surface area contributed by atoms with Gasteiger partial charge in [0.25, 0.3) is 10.1 Å². The van der Waals surface area contributed by atoms with E-state index < -0.39 is 10.1 Å². The smallest absolute Gasteiger partial charge is 0.264 e. The number of hydrogen-bond donors (Lipinski definition) is 0. The van der Waals surface area contributed by atoms with Crippen molar-refractivity contribution in [1.29, 1.82) is 0 Å². The lowest BCUT2D eigenvalue weighted by Crippen LogP contribution is -2.05. The molecule has 0 bridgehead atoms. The van der Waals surface area contributed by atoms with E-state index in [1.807, 2.05) is 0 Å². The van der Waals surface area contributed by atoms with Crippen LogP contribution in [-0.4, -0.2) is 27.9 Å². The predicted molar refractivity (Wildman–Crippen MR) is 41.6 cm³/mol. The van der Waals surface area contributed by atoms with Crippen LogP contribution in [0.5, 0.6) is 0 Å². The zero-order valence-corrected chi connectivity index (χ0v) is 7.26. The third kappa shape index (κ3) is 9.45. The number of ether oxygens (including phenoxy) is 1. The molecule has 0 saturated carbocycles. The molecule has 0 fully saturated rings. The molecular weight excluding hydrogens is 168 g/mol. The van der Waals surface area contributed by atoms with Gasteiger partial charge < -0.3 is 4.74 Å². The van der Waals surface area contributed by atoms with Crippen molar-refractivity contribution in [2.45, 2.75) is 6.42 Å². The van der Waals surface area contributed by atoms with Crippen molar-refractivity contribution in [3.05, 3.63) is 12.8 Å². The summed E-state index contributed by atoms with van der Waals surface area (Å²) in [5, 5.41) is 0. The molecule has 5 heteroatoms. The molecule has 0 aromatic rings. The summed E-state index contributed by atoms with van der Waals surface area (Å²) >= 11 is 0. The molecule has 66 valence electrons. The van der Waals surface area contributed by atoms with Crippen LogP contribution in [-0.2, 0) is 19.0 Å². The molecule has 0 radical (unpaired) electrons. The lowest BCUT2D eigenvalue weighted by Gasteiger charge is -2.00. The second kappa shape index (κ2) is 5.15. The molecule has 0 unspecified atom stereocenters. The highest BCUT2D eigenvalue weighted by molar-refractivity contribution is 7.85. The van der Waals surface area contributed by atoms with Crippen molar-refractivity contribution in [2.24, 2.45) is 0 Å². The van der Waals surface area contributed by atoms with E-state index in [0.717, 1.165) is 6.26 Å². The molecule has 0 aliphatic rings. The Hall–Kier alpha value is -0.550. The topological polar surface area (TPSA) is 52.6 Å². The van der Waals surface area contributed by atoms with Crippen molar-refractivity contribution < 1.29 is 17.3 Å². The van der Waals surface area contributed by atoms with E-state index in [9.17, 15) is 8.42 Å². The van der Waals surface area contributed by atoms with Gasteiger partial charge in [0.05, 0.1) is 25.7 Å². The van der Waals surface area contributed by atoms with Crippen molar-refractivity contribution in [1.82, 2.24) is 0 Å². The molecule has 0 atom stereocenters. The van der Waals surface area contributed by atoms with Crippen molar-refractivity contribution in [3.8, 4) is 0 Å². The molecule has 0 heterocycles. The largest absolute Gasteiger partial charge is 0.502 e. The molecular formula is C6H12O4S. The normalized spacial score (nSPS) is 11.0. The summed E-state index contributed by atoms with van der Waals surface area (Å²) in [5.41, 5.74) is 0. The summed E-state index contributed by atoms with van der Waals surface area (Å²) in [4.78, 5) is 0. The van der Waals surface area contributed by atoms with E-state index in [0.29, 0.717) is 13.0 Å². The summed E-state index contributed by atoms with van der Waals surface area (Å²) in [5.74, 6) is 0. The number of rotatable bonds is 6. The summed E-state index contributed by atoms with van der Waals surface area (Å²) < 4.78 is 29.9. The monoisotopic (exact) mass is 180 g/mol. The third-order valence-electron chi connectivity index (χ3n) is 0.822. The van der Waals surface area contributed by atoms with Gasteiger partial charge in [0, 0.05) is 6.42 Å². The second-order valence-electron chi connectivity index (χ2n) is 1.92. The first kappa shape index (κ1) is 10.4. The Balaban J connectivity index is 3.22. The fourth-order valence-electron chi connectivity index (χ4n) is 0.436. The van der Waals surface area contributed by atoms with Crippen molar-refractivity contribution in [2.75, 3.05) is 19.5 Å². The van der Waals surface area contributed by atoms with Crippen LogP contribution < -0.4 is 0 Å². The molecule has 0 amide bonds. The highest BCUT2D eigenvalue weighted by Gasteiger charge is 1.99. The lowest BCUT2D eigenvalue weighted by molar-refractivity contribution is 0.212. The van der Waals surface area contributed by atoms with Gasteiger partial charge in [-0.2, -0.15) is 8.42 Å². The molecule has 0 rings (SSSR count). The summed E-state index contributed by atoms with van der Waals surface area (Å²) in [6.07, 6.45) is 2.86. The molecule has 0 spiro atoms. The van der Waals surface area contributed by atoms with E-state index in [-0.39, 0.29) is 6.61 Å². The van der Waals surface area contributed by atoms with Gasteiger partial charge in [0.2, 0.25) is 0 Å². The van der Waals surface area contributed by atoms with Crippen LogP contribution in [0.1, 0.15) is 6.42 Å². The van der Waals surface area contributed by atoms with Crippen LogP contribution in [0.25, 0.3) is 0 Å². The highest BCUT2D eigenvalue weighted by atomic mass is 32.2. The highest BCUT2D eigenvalue weighted by Crippen LogP contribution is 1.90. The molecule has 0 saturated heterocycles. The van der Waals surface area contributed by atoms with Gasteiger partial charge in [-0.15, -0.1) is 0 Å². The van der Waals surface area contributed by atoms with Crippen LogP contribution >= 0.6 is 0 Å². The summed E-state index contributed by atoms with van der Waals surface area (Å²) in [6.45, 7) is 3.91. The molecule has 0 aliphatic heterocycles. The third-order valence-corrected chi connectivity index (χ3v) is 1.42. The van der Waals surface area contributed by atoms with Gasteiger partial charge in [-0.1, -0.05) is 6.58 Å². The first-order chi connectivity index (χ1) is 5.06. The Labute approximate surface area is 66.9 Å². The Kier molecular flexibility index (Phi) is 4.89. The predicted octanol–water partition coefficient (Wildman–Crippen LogP) is 0.513. The van der Waals surface area contributed by atoms with Crippen LogP contribution in [0.15, 0.2) is 12.8 Å². The maximum atomic E-state index is 10.4. The minimum absolute atomic E-state index is 0.159. The van der Waals surface area contributed by atoms with E-state index in [1.165, 1.54) is 6.26 Å². The van der Waals surface area contributed by atoms with Crippen molar-refractivity contribution >= 4 is 10.1 Å². The Morgan fingerprint density at radius 1 is 1.45 bits per heavy atom. The maximum absolute atomic E-state index is 10.4. The molecule has 11 heavy (non-hydrogen) atoms. The summed E-state index contributed by atoms with van der Waals surface area (Å²) in [7, 11) is -3.29. The zero-order valence-electron chi connectivity index (χ0n) is 6.45. The van der Waals surface area contributed by atoms with Crippen LogP contribution in [0, 0.1) is 0 Å². The zero-order chi connectivity index (χ0) is 8.74. The van der Waals surface area contributed by atoms with Gasteiger partial charge in [0.1, 0.15) is 0 Å². The lowest BCUT2D eigenvalue weighted by atomic mass is 10.5.